The number of carbonyl (C=O) groups is 12. The molecule has 2 heterocycles. The molecule has 10 atom stereocenters. The van der Waals surface area contributed by atoms with Gasteiger partial charge in [-0.15, -0.1) is 0 Å². The number of phenols is 1. The Labute approximate surface area is 596 Å². The van der Waals surface area contributed by atoms with Gasteiger partial charge >= 0.3 is 12.0 Å². The van der Waals surface area contributed by atoms with Crippen LogP contribution in [0.3, 0.4) is 0 Å². The number of aliphatic imine (C=N–C) groups is 1. The predicted molar refractivity (Wildman–Crippen MR) is 380 cm³/mol. The summed E-state index contributed by atoms with van der Waals surface area (Å²) in [6.45, 7) is 5.28. The number of urea groups is 1. The number of Topliss-reactive ketones (excluding diaryl/α,β-unsaturated/α-hetero) is 3. The lowest BCUT2D eigenvalue weighted by Gasteiger charge is -2.30. The molecule has 0 radical (unpaired) electrons. The van der Waals surface area contributed by atoms with Crippen molar-refractivity contribution in [1.29, 1.82) is 0 Å². The first-order valence-electron chi connectivity index (χ1n) is 34.1. The molecule has 9 amide bonds. The number of rotatable bonds is 41. The van der Waals surface area contributed by atoms with E-state index in [1.807, 2.05) is 42.5 Å². The first kappa shape index (κ1) is 80.6. The topological polar surface area (TPSA) is 456 Å². The SMILES string of the molecule is CC(=O)NC(Cc1ccc2ccccc2c1)C(=O)NC(Cc1ccc(Cl)cc1)C(=O)CC(Cc1cccnc1)C(=O)NC(CO)C(=O)CC(Cc1ccc(O)cc1)C(=O)NC(CCCNC(N)=O)C(=O)CC(CC(C)C)C(=O)NC(CCCN=C(N)N)C(=O)N1CCCC1C(=O)NC(C)C(=O)O. The van der Waals surface area contributed by atoms with Crippen LogP contribution in [-0.2, 0) is 78.4 Å². The van der Waals surface area contributed by atoms with Gasteiger partial charge in [-0.1, -0.05) is 98.2 Å². The highest BCUT2D eigenvalue weighted by Crippen LogP contribution is 2.26. The second-order valence-corrected chi connectivity index (χ2v) is 26.6. The van der Waals surface area contributed by atoms with Crippen molar-refractivity contribution in [1.82, 2.24) is 47.1 Å². The predicted octanol–water partition coefficient (Wildman–Crippen LogP) is 3.16. The average molecular weight is 1430 g/mol. The van der Waals surface area contributed by atoms with Crippen molar-refractivity contribution >= 4 is 99.0 Å². The van der Waals surface area contributed by atoms with E-state index in [0.717, 1.165) is 16.3 Å². The number of nitrogens with two attached hydrogens (primary N) is 3. The molecule has 4 aromatic carbocycles. The minimum Gasteiger partial charge on any atom is -0.508 e. The summed E-state index contributed by atoms with van der Waals surface area (Å²) >= 11 is 6.24. The van der Waals surface area contributed by atoms with Crippen molar-refractivity contribution in [3.05, 3.63) is 143 Å². The van der Waals surface area contributed by atoms with Crippen LogP contribution in [0.5, 0.6) is 5.75 Å². The minimum atomic E-state index is -1.69. The molecule has 1 aliphatic rings. The van der Waals surface area contributed by atoms with E-state index in [1.165, 1.54) is 55.4 Å². The number of primary amides is 1. The number of carboxylic acid groups (broad SMARTS) is 1. The molecule has 0 saturated carbocycles. The molecule has 548 valence electrons. The highest BCUT2D eigenvalue weighted by molar-refractivity contribution is 6.30. The zero-order valence-corrected chi connectivity index (χ0v) is 58.5. The number of benzene rings is 4. The smallest absolute Gasteiger partial charge is 0.325 e. The normalized spacial score (nSPS) is 15.3. The van der Waals surface area contributed by atoms with Crippen LogP contribution in [0.4, 0.5) is 4.79 Å². The Morgan fingerprint density at radius 1 is 0.608 bits per heavy atom. The van der Waals surface area contributed by atoms with Crippen molar-refractivity contribution in [2.45, 2.75) is 160 Å². The van der Waals surface area contributed by atoms with Crippen LogP contribution in [-0.4, -0.2) is 170 Å². The maximum atomic E-state index is 15.0. The third-order valence-electron chi connectivity index (χ3n) is 17.5. The van der Waals surface area contributed by atoms with Crippen LogP contribution in [0.15, 0.2) is 121 Å². The molecule has 0 bridgehead atoms. The van der Waals surface area contributed by atoms with E-state index in [9.17, 15) is 72.9 Å². The van der Waals surface area contributed by atoms with Crippen LogP contribution < -0.4 is 54.4 Å². The number of aliphatic carboxylic acids is 1. The summed E-state index contributed by atoms with van der Waals surface area (Å²) in [5.41, 5.74) is 18.7. The quantitative estimate of drug-likeness (QED) is 0.0152. The molecule has 102 heavy (non-hydrogen) atoms. The van der Waals surface area contributed by atoms with E-state index in [2.05, 4.69) is 47.2 Å². The largest absolute Gasteiger partial charge is 0.508 e. The fourth-order valence-electron chi connectivity index (χ4n) is 12.2. The Kier molecular flexibility index (Phi) is 31.8. The molecule has 1 aromatic heterocycles. The van der Waals surface area contributed by atoms with Gasteiger partial charge in [-0.3, -0.25) is 62.7 Å². The van der Waals surface area contributed by atoms with Crippen molar-refractivity contribution < 1.29 is 72.9 Å². The molecule has 10 unspecified atom stereocenters. The first-order valence-corrected chi connectivity index (χ1v) is 34.4. The van der Waals surface area contributed by atoms with Crippen molar-refractivity contribution in [3.63, 3.8) is 0 Å². The molecule has 0 spiro atoms. The number of pyridine rings is 1. The number of aliphatic hydroxyl groups is 1. The van der Waals surface area contributed by atoms with Crippen LogP contribution >= 0.6 is 11.6 Å². The van der Waals surface area contributed by atoms with Gasteiger partial charge in [0.25, 0.3) is 0 Å². The standard InChI is InChI=1S/C73H94ClN13O15/c1-42(2)31-51(65(94)84-57(15-9-28-79-72(75)76)70(99)87-30-10-16-61(87)69(98)81-43(3)71(100)101)37-62(91)56(14-8-29-80-73(77)102)83-66(95)52(32-45-20-25-55(90)26-21-45)39-64(93)60(41-88)86-67(96)53(34-48-11-7-27-78-40-48)38-63(92)58(35-46-18-23-54(74)24-19-46)85-68(97)59(82-44(4)89)36-47-17-22-49-12-5-6-13-50(49)33-47/h5-7,11-13,17-27,33,40,42-43,51-53,56-61,88,90H,8-10,14-16,28-32,34-39,41H2,1-4H3,(H,81,98)(H,82,89)(H,83,95)(H,84,94)(H,85,97)(H,86,96)(H,100,101)(H4,75,76,79)(H3,77,80,102). The summed E-state index contributed by atoms with van der Waals surface area (Å²) in [4.78, 5) is 177. The highest BCUT2D eigenvalue weighted by Gasteiger charge is 2.41. The molecular weight excluding hydrogens is 1330 g/mol. The Balaban J connectivity index is 1.26. The van der Waals surface area contributed by atoms with E-state index in [0.29, 0.717) is 28.1 Å². The van der Waals surface area contributed by atoms with Gasteiger partial charge in [-0.05, 0) is 140 Å². The number of aromatic nitrogens is 1. The number of aliphatic hydroxyl groups excluding tert-OH is 1. The second kappa shape index (κ2) is 40.2. The van der Waals surface area contributed by atoms with Crippen molar-refractivity contribution in [2.24, 2.45) is 45.9 Å². The van der Waals surface area contributed by atoms with E-state index < -0.39 is 157 Å². The third kappa shape index (κ3) is 26.3. The third-order valence-corrected chi connectivity index (χ3v) is 17.8. The van der Waals surface area contributed by atoms with E-state index >= 15 is 0 Å². The van der Waals surface area contributed by atoms with Gasteiger partial charge in [0.15, 0.2) is 23.3 Å². The fourth-order valence-corrected chi connectivity index (χ4v) is 12.4. The highest BCUT2D eigenvalue weighted by atomic mass is 35.5. The first-order chi connectivity index (χ1) is 48.6. The Bertz CT molecular complexity index is 3760. The number of ketones is 3. The number of hydrogen-bond acceptors (Lipinski definition) is 16. The van der Waals surface area contributed by atoms with Gasteiger partial charge in [0.1, 0.15) is 36.0 Å². The number of guanidine groups is 1. The molecule has 6 rings (SSSR count). The summed E-state index contributed by atoms with van der Waals surface area (Å²) in [6, 6.07) is 18.8. The number of nitrogens with zero attached hydrogens (tertiary/aromatic N) is 3. The van der Waals surface area contributed by atoms with Crippen LogP contribution in [0.2, 0.25) is 5.02 Å². The number of likely N-dealkylation sites (tertiary alicyclic amines) is 1. The molecule has 29 heteroatoms. The second-order valence-electron chi connectivity index (χ2n) is 26.2. The van der Waals surface area contributed by atoms with Gasteiger partial charge in [0.05, 0.1) is 18.7 Å². The summed E-state index contributed by atoms with van der Waals surface area (Å²) in [5.74, 6) is -12.7. The van der Waals surface area contributed by atoms with Crippen LogP contribution in [0.1, 0.15) is 114 Å². The Morgan fingerprint density at radius 3 is 1.78 bits per heavy atom. The van der Waals surface area contributed by atoms with Gasteiger partial charge in [-0.2, -0.15) is 0 Å². The average Bonchev–Trinajstić information content (AvgIpc) is 1.13. The lowest BCUT2D eigenvalue weighted by Crippen LogP contribution is -2.55. The van der Waals surface area contributed by atoms with Crippen molar-refractivity contribution in [2.75, 3.05) is 26.2 Å². The maximum Gasteiger partial charge on any atom is 0.325 e. The summed E-state index contributed by atoms with van der Waals surface area (Å²) in [7, 11) is 0. The van der Waals surface area contributed by atoms with Crippen molar-refractivity contribution in [3.8, 4) is 5.75 Å². The number of aromatic hydroxyl groups is 1. The Hall–Kier alpha value is -10.3. The lowest BCUT2D eigenvalue weighted by atomic mass is 9.87. The Morgan fingerprint density at radius 2 is 1.17 bits per heavy atom. The molecule has 1 fully saturated rings. The van der Waals surface area contributed by atoms with E-state index in [1.54, 1.807) is 50.2 Å². The van der Waals surface area contributed by atoms with Gasteiger partial charge < -0.3 is 74.6 Å². The molecule has 1 saturated heterocycles. The zero-order chi connectivity index (χ0) is 74.6. The molecule has 5 aromatic rings. The zero-order valence-electron chi connectivity index (χ0n) is 57.7. The number of hydrogen-bond donors (Lipinski definition) is 13. The summed E-state index contributed by atoms with van der Waals surface area (Å²) < 4.78 is 0. The van der Waals surface area contributed by atoms with Crippen LogP contribution in [0.25, 0.3) is 10.8 Å². The lowest BCUT2D eigenvalue weighted by molar-refractivity contribution is -0.145. The number of carbonyl (C=O) groups excluding carboxylic acids is 11. The minimum absolute atomic E-state index is 0.0234. The number of nitrogens with one attached hydrogen (secondary N) is 7. The molecule has 28 nitrogen and oxygen atoms in total. The maximum absolute atomic E-state index is 15.0. The number of amides is 9. The monoisotopic (exact) mass is 1430 g/mol. The number of fused-ring (bicyclic) bond motifs is 1. The fraction of sp³-hybridized carbons (Fsp3) is 0.452. The molecule has 1 aliphatic heterocycles. The molecule has 0 aliphatic carbocycles. The number of phenolic OH excluding ortho intramolecular Hbond substituents is 1. The van der Waals surface area contributed by atoms with Gasteiger partial charge in [0.2, 0.25) is 41.4 Å². The van der Waals surface area contributed by atoms with E-state index in [-0.39, 0.29) is 101 Å². The summed E-state index contributed by atoms with van der Waals surface area (Å²) in [5, 5.41) is 51.5. The molecular formula is C73H94ClN13O15. The van der Waals surface area contributed by atoms with E-state index in [4.69, 9.17) is 28.8 Å². The van der Waals surface area contributed by atoms with Gasteiger partial charge in [-0.25, -0.2) is 4.79 Å². The molecule has 16 N–H and O–H groups in total. The number of halogens is 1. The van der Waals surface area contributed by atoms with Crippen LogP contribution in [0, 0.1) is 23.7 Å². The van der Waals surface area contributed by atoms with Gasteiger partial charge in [0, 0.05) is 87.4 Å². The summed E-state index contributed by atoms with van der Waals surface area (Å²) in [6.07, 6.45) is 1.71. The number of carboxylic acids is 1.